The molecular weight excluding hydrogens is 569 g/mol. The third-order valence-corrected chi connectivity index (χ3v) is 9.26. The van der Waals surface area contributed by atoms with E-state index in [2.05, 4.69) is 89.8 Å². The summed E-state index contributed by atoms with van der Waals surface area (Å²) in [4.78, 5) is 9.37. The SMILES string of the molecule is Cc1cc([C@@H]2[C@@H](c3ccccn3)NC(=S)N2c2ccc(N3C[C@H](C)C[C@H](C)C3)c(Cl)c2)c(C)n1-c1ccc(Cl)cc1. The van der Waals surface area contributed by atoms with Gasteiger partial charge in [-0.1, -0.05) is 43.1 Å². The molecule has 5 nitrogen and oxygen atoms in total. The zero-order chi connectivity index (χ0) is 28.8. The van der Waals surface area contributed by atoms with Crippen LogP contribution < -0.4 is 15.1 Å². The maximum atomic E-state index is 7.03. The lowest BCUT2D eigenvalue weighted by Crippen LogP contribution is -2.38. The van der Waals surface area contributed by atoms with Crippen molar-refractivity contribution in [3.05, 3.63) is 106 Å². The standard InChI is InChI=1S/C33H35Cl2N5S/c1-20-15-21(2)19-38(18-20)30-13-12-26(17-28(30)35)40-32(31(37-33(40)41)29-7-5-6-14-36-29)27-16-22(3)39(23(27)4)25-10-8-24(34)9-11-25/h5-14,16-17,20-21,31-32H,15,18-19H2,1-4H3,(H,37,41)/t20-,21+,31-,32-/m1/s1. The van der Waals surface area contributed by atoms with Crippen LogP contribution in [0.1, 0.15) is 55.0 Å². The van der Waals surface area contributed by atoms with E-state index in [-0.39, 0.29) is 12.1 Å². The number of benzene rings is 2. The van der Waals surface area contributed by atoms with Gasteiger partial charge >= 0.3 is 0 Å². The minimum atomic E-state index is -0.134. The molecule has 2 aromatic heterocycles. The Morgan fingerprint density at radius 1 is 0.902 bits per heavy atom. The summed E-state index contributed by atoms with van der Waals surface area (Å²) in [5.74, 6) is 1.29. The first kappa shape index (κ1) is 28.1. The van der Waals surface area contributed by atoms with Gasteiger partial charge in [-0.2, -0.15) is 0 Å². The van der Waals surface area contributed by atoms with Crippen LogP contribution in [0.3, 0.4) is 0 Å². The molecule has 212 valence electrons. The van der Waals surface area contributed by atoms with Gasteiger partial charge in [-0.3, -0.25) is 4.98 Å². The average molecular weight is 605 g/mol. The molecule has 0 radical (unpaired) electrons. The first-order valence-electron chi connectivity index (χ1n) is 14.2. The number of hydrogen-bond acceptors (Lipinski definition) is 3. The van der Waals surface area contributed by atoms with E-state index in [0.29, 0.717) is 16.9 Å². The number of halogens is 2. The summed E-state index contributed by atoms with van der Waals surface area (Å²) in [6.07, 6.45) is 3.09. The zero-order valence-corrected chi connectivity index (χ0v) is 26.1. The van der Waals surface area contributed by atoms with E-state index in [0.717, 1.165) is 57.3 Å². The van der Waals surface area contributed by atoms with E-state index in [1.165, 1.54) is 12.0 Å². The van der Waals surface area contributed by atoms with Crippen LogP contribution in [0.15, 0.2) is 72.9 Å². The highest BCUT2D eigenvalue weighted by Gasteiger charge is 2.42. The second kappa shape index (κ2) is 11.3. The topological polar surface area (TPSA) is 36.3 Å². The summed E-state index contributed by atoms with van der Waals surface area (Å²) in [5, 5.41) is 5.72. The Morgan fingerprint density at radius 2 is 1.61 bits per heavy atom. The van der Waals surface area contributed by atoms with E-state index < -0.39 is 0 Å². The molecule has 2 aromatic carbocycles. The number of nitrogens with one attached hydrogen (secondary N) is 1. The van der Waals surface area contributed by atoms with Crippen molar-refractivity contribution in [3.8, 4) is 5.69 Å². The summed E-state index contributed by atoms with van der Waals surface area (Å²) in [6.45, 7) is 11.0. The smallest absolute Gasteiger partial charge is 0.174 e. The van der Waals surface area contributed by atoms with Gasteiger partial charge < -0.3 is 19.7 Å². The molecule has 0 bridgehead atoms. The Bertz CT molecular complexity index is 1560. The van der Waals surface area contributed by atoms with Crippen LogP contribution in [-0.4, -0.2) is 27.8 Å². The van der Waals surface area contributed by atoms with Gasteiger partial charge in [0.2, 0.25) is 0 Å². The summed E-state index contributed by atoms with van der Waals surface area (Å²) < 4.78 is 2.27. The second-order valence-corrected chi connectivity index (χ2v) is 12.9. The van der Waals surface area contributed by atoms with E-state index in [1.54, 1.807) is 0 Å². The number of aryl methyl sites for hydroxylation is 1. The number of thiocarbonyl (C=S) groups is 1. The van der Waals surface area contributed by atoms with Gasteiger partial charge in [-0.25, -0.2) is 0 Å². The monoisotopic (exact) mass is 603 g/mol. The lowest BCUT2D eigenvalue weighted by Gasteiger charge is -2.37. The summed E-state index contributed by atoms with van der Waals surface area (Å²) in [5.41, 5.74) is 7.53. The van der Waals surface area contributed by atoms with Gasteiger partial charge in [0.25, 0.3) is 0 Å². The van der Waals surface area contributed by atoms with Gasteiger partial charge in [-0.15, -0.1) is 0 Å². The maximum absolute atomic E-state index is 7.03. The van der Waals surface area contributed by atoms with Crippen molar-refractivity contribution in [2.45, 2.75) is 46.2 Å². The largest absolute Gasteiger partial charge is 0.370 e. The van der Waals surface area contributed by atoms with Crippen molar-refractivity contribution in [2.24, 2.45) is 11.8 Å². The average Bonchev–Trinajstić information content (AvgIpc) is 3.44. The normalized spacial score (nSPS) is 22.7. The van der Waals surface area contributed by atoms with Crippen LogP contribution in [0.5, 0.6) is 0 Å². The zero-order valence-electron chi connectivity index (χ0n) is 23.8. The molecule has 0 unspecified atom stereocenters. The summed E-state index contributed by atoms with van der Waals surface area (Å²) >= 11 is 19.2. The molecular formula is C33H35Cl2N5S. The first-order chi connectivity index (χ1) is 19.7. The van der Waals surface area contributed by atoms with Crippen LogP contribution in [0.4, 0.5) is 11.4 Å². The summed E-state index contributed by atoms with van der Waals surface area (Å²) in [7, 11) is 0. The van der Waals surface area contributed by atoms with Gasteiger partial charge in [0.1, 0.15) is 0 Å². The Kier molecular flexibility index (Phi) is 7.75. The molecule has 0 saturated carbocycles. The molecule has 2 aliphatic rings. The molecule has 4 aromatic rings. The fourth-order valence-corrected chi connectivity index (χ4v) is 7.55. The molecule has 0 aliphatic carbocycles. The lowest BCUT2D eigenvalue weighted by molar-refractivity contribution is 0.357. The van der Waals surface area contributed by atoms with Crippen molar-refractivity contribution < 1.29 is 0 Å². The molecule has 8 heteroatoms. The predicted octanol–water partition coefficient (Wildman–Crippen LogP) is 8.46. The third kappa shape index (κ3) is 5.33. The van der Waals surface area contributed by atoms with Crippen molar-refractivity contribution in [1.29, 1.82) is 0 Å². The van der Waals surface area contributed by atoms with Crippen molar-refractivity contribution in [3.63, 3.8) is 0 Å². The van der Waals surface area contributed by atoms with Crippen LogP contribution >= 0.6 is 35.4 Å². The second-order valence-electron chi connectivity index (χ2n) is 11.6. The maximum Gasteiger partial charge on any atom is 0.174 e. The molecule has 4 heterocycles. The Labute approximate surface area is 258 Å². The highest BCUT2D eigenvalue weighted by Crippen LogP contribution is 2.45. The molecule has 41 heavy (non-hydrogen) atoms. The van der Waals surface area contributed by atoms with Gasteiger partial charge in [0.05, 0.1) is 28.5 Å². The van der Waals surface area contributed by atoms with Gasteiger partial charge in [0.15, 0.2) is 5.11 Å². The van der Waals surface area contributed by atoms with Crippen molar-refractivity contribution >= 4 is 51.9 Å². The molecule has 6 rings (SSSR count). The number of nitrogens with zero attached hydrogens (tertiary/aromatic N) is 4. The van der Waals surface area contributed by atoms with Crippen molar-refractivity contribution in [2.75, 3.05) is 22.9 Å². The summed E-state index contributed by atoms with van der Waals surface area (Å²) in [6, 6.07) is 22.4. The quantitative estimate of drug-likeness (QED) is 0.231. The molecule has 1 N–H and O–H groups in total. The number of piperidine rings is 1. The van der Waals surface area contributed by atoms with E-state index in [4.69, 9.17) is 40.4 Å². The van der Waals surface area contributed by atoms with E-state index in [1.807, 2.05) is 30.5 Å². The molecule has 2 aliphatic heterocycles. The Hall–Kier alpha value is -3.06. The molecule has 2 fully saturated rings. The molecule has 0 spiro atoms. The number of anilines is 2. The number of aromatic nitrogens is 2. The first-order valence-corrected chi connectivity index (χ1v) is 15.4. The fraction of sp³-hybridized carbons (Fsp3) is 0.333. The van der Waals surface area contributed by atoms with Crippen molar-refractivity contribution in [1.82, 2.24) is 14.9 Å². The van der Waals surface area contributed by atoms with Crippen LogP contribution in [0, 0.1) is 25.7 Å². The highest BCUT2D eigenvalue weighted by molar-refractivity contribution is 7.80. The van der Waals surface area contributed by atoms with Crippen LogP contribution in [0.2, 0.25) is 10.0 Å². The lowest BCUT2D eigenvalue weighted by atomic mass is 9.91. The van der Waals surface area contributed by atoms with Crippen LogP contribution in [-0.2, 0) is 0 Å². The predicted molar refractivity (Wildman–Crippen MR) is 175 cm³/mol. The fourth-order valence-electron chi connectivity index (χ4n) is 6.79. The number of hydrogen-bond donors (Lipinski definition) is 1. The minimum Gasteiger partial charge on any atom is -0.370 e. The molecule has 0 amide bonds. The third-order valence-electron chi connectivity index (χ3n) is 8.39. The van der Waals surface area contributed by atoms with E-state index >= 15 is 0 Å². The molecule has 4 atom stereocenters. The highest BCUT2D eigenvalue weighted by atomic mass is 35.5. The molecule has 2 saturated heterocycles. The number of rotatable bonds is 5. The van der Waals surface area contributed by atoms with Gasteiger partial charge in [-0.05, 0) is 111 Å². The van der Waals surface area contributed by atoms with Crippen LogP contribution in [0.25, 0.3) is 5.69 Å². The number of pyridine rings is 1. The Balaban J connectivity index is 1.44. The van der Waals surface area contributed by atoms with Gasteiger partial charge in [0, 0.05) is 47.1 Å². The van der Waals surface area contributed by atoms with E-state index in [9.17, 15) is 0 Å². The Morgan fingerprint density at radius 3 is 2.27 bits per heavy atom. The minimum absolute atomic E-state index is 0.124.